The fraction of sp³-hybridized carbons (Fsp3) is 0.316. The molecule has 0 aromatic heterocycles. The van der Waals surface area contributed by atoms with Crippen LogP contribution in [0.15, 0.2) is 36.4 Å². The lowest BCUT2D eigenvalue weighted by Gasteiger charge is -2.15. The van der Waals surface area contributed by atoms with Gasteiger partial charge in [0.1, 0.15) is 5.88 Å². The van der Waals surface area contributed by atoms with Crippen LogP contribution in [0.1, 0.15) is 27.8 Å². The number of amides is 1. The van der Waals surface area contributed by atoms with Crippen LogP contribution in [0.2, 0.25) is 0 Å². The maximum Gasteiger partial charge on any atom is 0.416 e. The molecule has 0 spiro atoms. The van der Waals surface area contributed by atoms with Crippen molar-refractivity contribution in [1.82, 2.24) is 0 Å². The maximum atomic E-state index is 12.9. The van der Waals surface area contributed by atoms with Crippen LogP contribution in [-0.2, 0) is 35.1 Å². The normalized spacial score (nSPS) is 12.1. The lowest BCUT2D eigenvalue weighted by atomic mass is 10.1. The van der Waals surface area contributed by atoms with Gasteiger partial charge in [0.15, 0.2) is 0 Å². The quantitative estimate of drug-likeness (QED) is 0.448. The molecule has 0 bridgehead atoms. The molecule has 10 heteroatoms. The molecule has 1 N–H and O–H groups in total. The van der Waals surface area contributed by atoms with Crippen LogP contribution in [0.25, 0.3) is 0 Å². The summed E-state index contributed by atoms with van der Waals surface area (Å²) in [6, 6.07) is 6.28. The summed E-state index contributed by atoms with van der Waals surface area (Å²) < 4.78 is 82.8. The summed E-state index contributed by atoms with van der Waals surface area (Å²) in [6.45, 7) is 1.15. The van der Waals surface area contributed by atoms with Crippen molar-refractivity contribution in [2.75, 3.05) is 11.2 Å². The molecule has 3 nitrogen and oxygen atoms in total. The van der Waals surface area contributed by atoms with Crippen LogP contribution in [-0.4, -0.2) is 11.8 Å². The van der Waals surface area contributed by atoms with Gasteiger partial charge in [0, 0.05) is 11.3 Å². The highest BCUT2D eigenvalue weighted by molar-refractivity contribution is 6.29. The molecule has 2 rings (SSSR count). The predicted molar refractivity (Wildman–Crippen MR) is 95.5 cm³/mol. The Morgan fingerprint density at radius 2 is 1.55 bits per heavy atom. The number of hydrogen-bond donors (Lipinski definition) is 1. The van der Waals surface area contributed by atoms with Crippen LogP contribution >= 0.6 is 11.6 Å². The van der Waals surface area contributed by atoms with Crippen LogP contribution < -0.4 is 5.32 Å². The molecule has 0 fully saturated rings. The zero-order valence-corrected chi connectivity index (χ0v) is 15.8. The Morgan fingerprint density at radius 1 is 0.966 bits per heavy atom. The molecular formula is C19H16ClF6NO2. The minimum atomic E-state index is -4.92. The van der Waals surface area contributed by atoms with Crippen LogP contribution in [0.4, 0.5) is 32.0 Å². The van der Waals surface area contributed by atoms with Crippen molar-refractivity contribution in [3.63, 3.8) is 0 Å². The second-order valence-electron chi connectivity index (χ2n) is 6.25. The first-order chi connectivity index (χ1) is 13.4. The molecule has 0 radical (unpaired) electrons. The first kappa shape index (κ1) is 23.0. The Balaban J connectivity index is 2.19. The summed E-state index contributed by atoms with van der Waals surface area (Å²) in [4.78, 5) is 11.5. The summed E-state index contributed by atoms with van der Waals surface area (Å²) in [7, 11) is 0. The molecule has 2 aromatic carbocycles. The van der Waals surface area contributed by atoms with Gasteiger partial charge in [-0.05, 0) is 42.3 Å². The van der Waals surface area contributed by atoms with E-state index >= 15 is 0 Å². The highest BCUT2D eigenvalue weighted by Crippen LogP contribution is 2.36. The van der Waals surface area contributed by atoms with E-state index in [4.69, 9.17) is 16.3 Å². The van der Waals surface area contributed by atoms with Gasteiger partial charge in [-0.15, -0.1) is 11.6 Å². The highest BCUT2D eigenvalue weighted by atomic mass is 35.5. The Bertz CT molecular complexity index is 848. The minimum Gasteiger partial charge on any atom is -0.372 e. The molecule has 0 heterocycles. The minimum absolute atomic E-state index is 0.0588. The summed E-state index contributed by atoms with van der Waals surface area (Å²) in [5.41, 5.74) is -1.36. The van der Waals surface area contributed by atoms with Gasteiger partial charge < -0.3 is 10.1 Å². The molecule has 0 aliphatic carbocycles. The van der Waals surface area contributed by atoms with E-state index in [1.165, 1.54) is 0 Å². The van der Waals surface area contributed by atoms with Crippen LogP contribution in [0.3, 0.4) is 0 Å². The average Bonchev–Trinajstić information content (AvgIpc) is 2.61. The molecule has 29 heavy (non-hydrogen) atoms. The number of hydrogen-bond acceptors (Lipinski definition) is 2. The van der Waals surface area contributed by atoms with Crippen molar-refractivity contribution in [3.05, 3.63) is 64.2 Å². The Labute approximate surface area is 167 Å². The second kappa shape index (κ2) is 9.04. The topological polar surface area (TPSA) is 38.3 Å². The zero-order chi connectivity index (χ0) is 21.8. The van der Waals surface area contributed by atoms with Crippen molar-refractivity contribution in [1.29, 1.82) is 0 Å². The number of carbonyl (C=O) groups is 1. The molecule has 0 atom stereocenters. The molecule has 1 amide bonds. The summed E-state index contributed by atoms with van der Waals surface area (Å²) in [6.07, 6.45) is -9.85. The summed E-state index contributed by atoms with van der Waals surface area (Å²) in [5.74, 6) is -0.746. The van der Waals surface area contributed by atoms with E-state index < -0.39 is 36.0 Å². The SMILES string of the molecule is Cc1ccc(COCc2cc(C(F)(F)F)cc(C(F)(F)F)c2)c(NC(=O)CCl)c1. The Morgan fingerprint density at radius 3 is 2.07 bits per heavy atom. The number of rotatable bonds is 6. The van der Waals surface area contributed by atoms with Crippen LogP contribution in [0, 0.1) is 6.92 Å². The van der Waals surface area contributed by atoms with Gasteiger partial charge in [0.2, 0.25) is 5.91 Å². The number of nitrogens with one attached hydrogen (secondary N) is 1. The number of ether oxygens (including phenoxy) is 1. The van der Waals surface area contributed by atoms with E-state index in [1.54, 1.807) is 25.1 Å². The van der Waals surface area contributed by atoms with E-state index in [0.717, 1.165) is 5.56 Å². The zero-order valence-electron chi connectivity index (χ0n) is 15.0. The molecule has 2 aromatic rings. The lowest BCUT2D eigenvalue weighted by Crippen LogP contribution is -2.14. The highest BCUT2D eigenvalue weighted by Gasteiger charge is 2.36. The molecule has 0 aliphatic heterocycles. The third-order valence-electron chi connectivity index (χ3n) is 3.83. The van der Waals surface area contributed by atoms with Gasteiger partial charge in [-0.1, -0.05) is 12.1 Å². The second-order valence-corrected chi connectivity index (χ2v) is 6.52. The van der Waals surface area contributed by atoms with Gasteiger partial charge in [-0.2, -0.15) is 26.3 Å². The van der Waals surface area contributed by atoms with E-state index in [2.05, 4.69) is 5.32 Å². The van der Waals surface area contributed by atoms with Gasteiger partial charge in [0.05, 0.1) is 24.3 Å². The van der Waals surface area contributed by atoms with Crippen molar-refractivity contribution in [3.8, 4) is 0 Å². The first-order valence-corrected chi connectivity index (χ1v) is 8.75. The Hall–Kier alpha value is -2.26. The average molecular weight is 440 g/mol. The lowest BCUT2D eigenvalue weighted by molar-refractivity contribution is -0.143. The van der Waals surface area contributed by atoms with Crippen molar-refractivity contribution in [2.45, 2.75) is 32.5 Å². The van der Waals surface area contributed by atoms with E-state index in [0.29, 0.717) is 23.4 Å². The molecular weight excluding hydrogens is 424 g/mol. The first-order valence-electron chi connectivity index (χ1n) is 8.21. The molecule has 158 valence electrons. The molecule has 0 saturated heterocycles. The third kappa shape index (κ3) is 6.64. The molecule has 0 aliphatic rings. The van der Waals surface area contributed by atoms with Gasteiger partial charge in [-0.25, -0.2) is 0 Å². The van der Waals surface area contributed by atoms with Crippen LogP contribution in [0.5, 0.6) is 0 Å². The van der Waals surface area contributed by atoms with Crippen molar-refractivity contribution in [2.24, 2.45) is 0 Å². The fourth-order valence-corrected chi connectivity index (χ4v) is 2.56. The smallest absolute Gasteiger partial charge is 0.372 e. The number of aryl methyl sites for hydroxylation is 1. The number of halogens is 7. The van der Waals surface area contributed by atoms with Gasteiger partial charge in [0.25, 0.3) is 0 Å². The standard InChI is InChI=1S/C19H16ClF6NO2/c1-11-2-3-13(16(4-11)27-17(28)8-20)10-29-9-12-5-14(18(21,22)23)7-15(6-12)19(24,25)26/h2-7H,8-10H2,1H3,(H,27,28). The van der Waals surface area contributed by atoms with Crippen molar-refractivity contribution < 1.29 is 35.9 Å². The number of benzene rings is 2. The number of anilines is 1. The van der Waals surface area contributed by atoms with E-state index in [1.807, 2.05) is 0 Å². The third-order valence-corrected chi connectivity index (χ3v) is 4.08. The fourth-order valence-electron chi connectivity index (χ4n) is 2.50. The number of alkyl halides is 7. The maximum absolute atomic E-state index is 12.9. The number of carbonyl (C=O) groups excluding carboxylic acids is 1. The molecule has 0 saturated carbocycles. The predicted octanol–water partition coefficient (Wildman–Crippen LogP) is 5.93. The van der Waals surface area contributed by atoms with Gasteiger partial charge in [-0.3, -0.25) is 4.79 Å². The van der Waals surface area contributed by atoms with E-state index in [9.17, 15) is 31.1 Å². The molecule has 0 unspecified atom stereocenters. The van der Waals surface area contributed by atoms with Crippen molar-refractivity contribution >= 4 is 23.2 Å². The summed E-state index contributed by atoms with van der Waals surface area (Å²) >= 11 is 5.45. The largest absolute Gasteiger partial charge is 0.416 e. The van der Waals surface area contributed by atoms with Gasteiger partial charge >= 0.3 is 12.4 Å². The van der Waals surface area contributed by atoms with E-state index in [-0.39, 0.29) is 24.1 Å². The Kier molecular flexibility index (Phi) is 7.18. The monoisotopic (exact) mass is 439 g/mol. The summed E-state index contributed by atoms with van der Waals surface area (Å²) in [5, 5.41) is 2.56.